The third kappa shape index (κ3) is 9.29. The molecule has 1 rings (SSSR count). The molecule has 0 radical (unpaired) electrons. The van der Waals surface area contributed by atoms with Crippen molar-refractivity contribution in [3.8, 4) is 0 Å². The van der Waals surface area contributed by atoms with E-state index in [9.17, 15) is 5.11 Å². The van der Waals surface area contributed by atoms with Crippen molar-refractivity contribution in [2.75, 3.05) is 6.61 Å². The van der Waals surface area contributed by atoms with Gasteiger partial charge in [0.05, 0.1) is 16.8 Å². The molecule has 1 heterocycles. The van der Waals surface area contributed by atoms with E-state index in [0.717, 1.165) is 36.4 Å². The van der Waals surface area contributed by atoms with Gasteiger partial charge in [-0.3, -0.25) is 0 Å². The lowest BCUT2D eigenvalue weighted by atomic mass is 10.0. The number of aliphatic hydroxyl groups excluding tert-OH is 1. The SMILES string of the molecule is C/C(=C/CC(O[Si](C)(C)C(C)(C)C)/C(C)=C/c1csc(C)n1)CCCC(C)CO. The van der Waals surface area contributed by atoms with Crippen molar-refractivity contribution < 1.29 is 9.53 Å². The first-order valence-corrected chi connectivity index (χ1v) is 14.7. The summed E-state index contributed by atoms with van der Waals surface area (Å²) < 4.78 is 6.82. The van der Waals surface area contributed by atoms with E-state index in [1.807, 2.05) is 6.92 Å². The summed E-state index contributed by atoms with van der Waals surface area (Å²) in [5.41, 5.74) is 3.70. The van der Waals surface area contributed by atoms with E-state index in [4.69, 9.17) is 4.43 Å². The number of rotatable bonds is 11. The summed E-state index contributed by atoms with van der Waals surface area (Å²) in [6, 6.07) is 0. The molecule has 0 fully saturated rings. The van der Waals surface area contributed by atoms with Crippen LogP contribution in [0.1, 0.15) is 77.9 Å². The summed E-state index contributed by atoms with van der Waals surface area (Å²) in [4.78, 5) is 4.60. The predicted molar refractivity (Wildman–Crippen MR) is 131 cm³/mol. The standard InChI is InChI=1S/C24H43NO2SSi/c1-18(11-10-12-19(2)16-26)13-14-23(27-29(8,9)24(5,6)7)20(3)15-22-17-28-21(4)25-22/h13,15,17,19,23,26H,10-12,14,16H2,1-9H3/b18-13-,20-15+. The molecule has 0 saturated heterocycles. The monoisotopic (exact) mass is 437 g/mol. The Hall–Kier alpha value is -0.753. The Kier molecular flexibility index (Phi) is 10.5. The largest absolute Gasteiger partial charge is 0.410 e. The van der Waals surface area contributed by atoms with Crippen LogP contribution in [0.4, 0.5) is 0 Å². The minimum Gasteiger partial charge on any atom is -0.410 e. The van der Waals surface area contributed by atoms with Gasteiger partial charge in [-0.15, -0.1) is 11.3 Å². The van der Waals surface area contributed by atoms with Crippen molar-refractivity contribution in [2.24, 2.45) is 5.92 Å². The molecular formula is C24H43NO2SSi. The number of aliphatic hydroxyl groups is 1. The molecule has 5 heteroatoms. The fraction of sp³-hybridized carbons (Fsp3) is 0.708. The molecule has 0 amide bonds. The lowest BCUT2D eigenvalue weighted by Crippen LogP contribution is -2.44. The summed E-state index contributed by atoms with van der Waals surface area (Å²) in [5, 5.41) is 12.6. The molecule has 1 aromatic rings. The van der Waals surface area contributed by atoms with Crippen LogP contribution in [0.15, 0.2) is 22.6 Å². The van der Waals surface area contributed by atoms with Crippen LogP contribution in [0.5, 0.6) is 0 Å². The molecule has 0 aromatic carbocycles. The Morgan fingerprint density at radius 2 is 1.97 bits per heavy atom. The number of hydrogen-bond donors (Lipinski definition) is 1. The van der Waals surface area contributed by atoms with Gasteiger partial charge in [-0.25, -0.2) is 4.98 Å². The predicted octanol–water partition coefficient (Wildman–Crippen LogP) is 7.38. The Morgan fingerprint density at radius 1 is 1.31 bits per heavy atom. The van der Waals surface area contributed by atoms with Crippen LogP contribution in [0.25, 0.3) is 6.08 Å². The summed E-state index contributed by atoms with van der Waals surface area (Å²) in [5.74, 6) is 0.393. The van der Waals surface area contributed by atoms with Crippen LogP contribution in [-0.2, 0) is 4.43 Å². The molecule has 2 unspecified atom stereocenters. The number of allylic oxidation sites excluding steroid dienone is 1. The second-order valence-electron chi connectivity index (χ2n) is 10.0. The van der Waals surface area contributed by atoms with Crippen LogP contribution < -0.4 is 0 Å². The van der Waals surface area contributed by atoms with E-state index in [0.29, 0.717) is 5.92 Å². The van der Waals surface area contributed by atoms with E-state index in [2.05, 4.69) is 77.2 Å². The molecule has 166 valence electrons. The zero-order valence-electron chi connectivity index (χ0n) is 20.1. The second-order valence-corrected chi connectivity index (χ2v) is 15.8. The maximum atomic E-state index is 9.20. The van der Waals surface area contributed by atoms with Crippen LogP contribution in [0.3, 0.4) is 0 Å². The van der Waals surface area contributed by atoms with Gasteiger partial charge in [-0.1, -0.05) is 39.3 Å². The van der Waals surface area contributed by atoms with Crippen molar-refractivity contribution in [1.29, 1.82) is 0 Å². The number of thiazole rings is 1. The molecule has 0 aliphatic carbocycles. The maximum Gasteiger partial charge on any atom is 0.192 e. The highest BCUT2D eigenvalue weighted by Gasteiger charge is 2.39. The Morgan fingerprint density at radius 3 is 2.48 bits per heavy atom. The highest BCUT2D eigenvalue weighted by molar-refractivity contribution is 7.09. The number of aromatic nitrogens is 1. The summed E-state index contributed by atoms with van der Waals surface area (Å²) in [6.07, 6.45) is 8.82. The third-order valence-corrected chi connectivity index (χ3v) is 11.3. The first kappa shape index (κ1) is 26.3. The highest BCUT2D eigenvalue weighted by atomic mass is 32.1. The molecular weight excluding hydrogens is 394 g/mol. The molecule has 0 saturated carbocycles. The summed E-state index contributed by atoms with van der Waals surface area (Å²) >= 11 is 1.69. The molecule has 1 aromatic heterocycles. The van der Waals surface area contributed by atoms with E-state index in [-0.39, 0.29) is 17.7 Å². The first-order chi connectivity index (χ1) is 13.4. The second kappa shape index (κ2) is 11.6. The van der Waals surface area contributed by atoms with E-state index >= 15 is 0 Å². The van der Waals surface area contributed by atoms with Crippen molar-refractivity contribution in [2.45, 2.75) is 98.4 Å². The van der Waals surface area contributed by atoms with Gasteiger partial charge in [-0.2, -0.15) is 0 Å². The average Bonchev–Trinajstić information content (AvgIpc) is 3.01. The van der Waals surface area contributed by atoms with Gasteiger partial charge >= 0.3 is 0 Å². The molecule has 29 heavy (non-hydrogen) atoms. The van der Waals surface area contributed by atoms with Gasteiger partial charge in [0, 0.05) is 12.0 Å². The Bertz CT molecular complexity index is 685. The molecule has 0 aliphatic rings. The van der Waals surface area contributed by atoms with Gasteiger partial charge in [0.15, 0.2) is 8.32 Å². The fourth-order valence-electron chi connectivity index (χ4n) is 2.86. The first-order valence-electron chi connectivity index (χ1n) is 10.9. The number of hydrogen-bond acceptors (Lipinski definition) is 4. The Labute approximate surface area is 184 Å². The summed E-state index contributed by atoms with van der Waals surface area (Å²) in [7, 11) is -1.88. The smallest absolute Gasteiger partial charge is 0.192 e. The van der Waals surface area contributed by atoms with Crippen LogP contribution in [0.2, 0.25) is 18.1 Å². The lowest BCUT2D eigenvalue weighted by Gasteiger charge is -2.39. The van der Waals surface area contributed by atoms with E-state index in [1.165, 1.54) is 11.1 Å². The molecule has 0 bridgehead atoms. The molecule has 0 spiro atoms. The minimum atomic E-state index is -1.88. The topological polar surface area (TPSA) is 42.4 Å². The molecule has 0 aliphatic heterocycles. The van der Waals surface area contributed by atoms with Crippen LogP contribution in [-0.4, -0.2) is 31.1 Å². The minimum absolute atomic E-state index is 0.0872. The normalized spacial score (nSPS) is 16.2. The van der Waals surface area contributed by atoms with Gasteiger partial charge in [0.25, 0.3) is 0 Å². The van der Waals surface area contributed by atoms with Crippen molar-refractivity contribution in [3.05, 3.63) is 33.3 Å². The van der Waals surface area contributed by atoms with Crippen LogP contribution >= 0.6 is 11.3 Å². The zero-order valence-corrected chi connectivity index (χ0v) is 21.9. The fourth-order valence-corrected chi connectivity index (χ4v) is 4.78. The third-order valence-electron chi connectivity index (χ3n) is 6.02. The van der Waals surface area contributed by atoms with Crippen molar-refractivity contribution in [3.63, 3.8) is 0 Å². The van der Waals surface area contributed by atoms with Crippen molar-refractivity contribution >= 4 is 25.7 Å². The maximum absolute atomic E-state index is 9.20. The lowest BCUT2D eigenvalue weighted by molar-refractivity contribution is 0.217. The highest BCUT2D eigenvalue weighted by Crippen LogP contribution is 2.38. The number of nitrogens with zero attached hydrogens (tertiary/aromatic N) is 1. The molecule has 3 nitrogen and oxygen atoms in total. The molecule has 2 atom stereocenters. The van der Waals surface area contributed by atoms with E-state index < -0.39 is 8.32 Å². The van der Waals surface area contributed by atoms with Gasteiger partial charge in [0.2, 0.25) is 0 Å². The van der Waals surface area contributed by atoms with Gasteiger partial charge in [-0.05, 0) is 82.2 Å². The Balaban J connectivity index is 2.92. The van der Waals surface area contributed by atoms with Gasteiger partial charge in [0.1, 0.15) is 0 Å². The molecule has 1 N–H and O–H groups in total. The number of aryl methyl sites for hydroxylation is 1. The van der Waals surface area contributed by atoms with Crippen molar-refractivity contribution in [1.82, 2.24) is 4.98 Å². The van der Waals surface area contributed by atoms with Gasteiger partial charge < -0.3 is 9.53 Å². The van der Waals surface area contributed by atoms with Crippen LogP contribution in [0, 0.1) is 12.8 Å². The quantitative estimate of drug-likeness (QED) is 0.290. The summed E-state index contributed by atoms with van der Waals surface area (Å²) in [6.45, 7) is 20.4. The zero-order chi connectivity index (χ0) is 22.2. The van der Waals surface area contributed by atoms with E-state index in [1.54, 1.807) is 11.3 Å². The average molecular weight is 438 g/mol.